The van der Waals surface area contributed by atoms with E-state index >= 15 is 0 Å². The predicted octanol–water partition coefficient (Wildman–Crippen LogP) is 2.80. The lowest BCUT2D eigenvalue weighted by Crippen LogP contribution is -2.53. The molecule has 0 aliphatic carbocycles. The predicted molar refractivity (Wildman–Crippen MR) is 111 cm³/mol. The Balaban J connectivity index is 1.61. The Kier molecular flexibility index (Phi) is 6.75. The first kappa shape index (κ1) is 20.7. The maximum atomic E-state index is 13.1. The number of rotatable bonds is 7. The highest BCUT2D eigenvalue weighted by molar-refractivity contribution is 5.88. The van der Waals surface area contributed by atoms with Crippen LogP contribution < -0.4 is 14.8 Å². The molecule has 0 saturated heterocycles. The smallest absolute Gasteiger partial charge is 0.258 e. The second kappa shape index (κ2) is 9.45. The minimum Gasteiger partial charge on any atom is -0.493 e. The van der Waals surface area contributed by atoms with Crippen LogP contribution in [-0.2, 0) is 22.6 Å². The third-order valence-corrected chi connectivity index (χ3v) is 5.12. The molecule has 0 unspecified atom stereocenters. The average Bonchev–Trinajstić information content (AvgIpc) is 2.75. The van der Waals surface area contributed by atoms with Gasteiger partial charge in [0.15, 0.2) is 18.1 Å². The Morgan fingerprint density at radius 3 is 2.38 bits per heavy atom. The first-order chi connectivity index (χ1) is 14.0. The average molecular weight is 396 g/mol. The van der Waals surface area contributed by atoms with Crippen molar-refractivity contribution >= 4 is 11.8 Å². The van der Waals surface area contributed by atoms with Gasteiger partial charge in [0.1, 0.15) is 6.04 Å². The molecule has 0 saturated carbocycles. The van der Waals surface area contributed by atoms with Crippen LogP contribution in [0.15, 0.2) is 48.5 Å². The van der Waals surface area contributed by atoms with Gasteiger partial charge >= 0.3 is 0 Å². The van der Waals surface area contributed by atoms with Crippen LogP contribution in [0.4, 0.5) is 0 Å². The Morgan fingerprint density at radius 1 is 1.03 bits per heavy atom. The van der Waals surface area contributed by atoms with E-state index in [1.807, 2.05) is 43.0 Å². The van der Waals surface area contributed by atoms with Crippen LogP contribution in [0.2, 0.25) is 0 Å². The number of fused-ring (bicyclic) bond motifs is 1. The molecule has 1 aliphatic heterocycles. The highest BCUT2D eigenvalue weighted by Crippen LogP contribution is 2.25. The number of nitrogens with one attached hydrogen (secondary N) is 1. The van der Waals surface area contributed by atoms with Crippen molar-refractivity contribution in [1.29, 1.82) is 0 Å². The zero-order chi connectivity index (χ0) is 20.8. The summed E-state index contributed by atoms with van der Waals surface area (Å²) >= 11 is 0. The van der Waals surface area contributed by atoms with Crippen molar-refractivity contribution in [1.82, 2.24) is 10.2 Å². The molecule has 154 valence electrons. The van der Waals surface area contributed by atoms with Crippen molar-refractivity contribution in [3.63, 3.8) is 0 Å². The molecule has 0 spiro atoms. The molecule has 0 aromatic heterocycles. The number of carbonyl (C=O) groups is 2. The normalized spacial score (nSPS) is 14.1. The van der Waals surface area contributed by atoms with Crippen molar-refractivity contribution < 1.29 is 19.1 Å². The molecular weight excluding hydrogens is 368 g/mol. The van der Waals surface area contributed by atoms with E-state index in [2.05, 4.69) is 17.4 Å². The summed E-state index contributed by atoms with van der Waals surface area (Å²) in [5.41, 5.74) is 2.45. The SMILES string of the molecule is COc1ccccc1OCC(=O)N[C@H](C(=O)N1CCc2ccccc2C1)C(C)C. The van der Waals surface area contributed by atoms with Gasteiger partial charge in [-0.3, -0.25) is 9.59 Å². The number of carbonyl (C=O) groups excluding carboxylic acids is 2. The molecule has 1 aliphatic rings. The number of amides is 2. The monoisotopic (exact) mass is 396 g/mol. The largest absolute Gasteiger partial charge is 0.493 e. The molecule has 0 fully saturated rings. The van der Waals surface area contributed by atoms with Crippen molar-refractivity contribution in [2.24, 2.45) is 5.92 Å². The summed E-state index contributed by atoms with van der Waals surface area (Å²) in [5.74, 6) is 0.629. The molecule has 1 N–H and O–H groups in total. The van der Waals surface area contributed by atoms with Crippen molar-refractivity contribution in [2.75, 3.05) is 20.3 Å². The number of benzene rings is 2. The van der Waals surface area contributed by atoms with Crippen molar-refractivity contribution in [3.8, 4) is 11.5 Å². The van der Waals surface area contributed by atoms with E-state index in [0.717, 1.165) is 6.42 Å². The summed E-state index contributed by atoms with van der Waals surface area (Å²) < 4.78 is 10.8. The quantitative estimate of drug-likeness (QED) is 0.782. The Labute approximate surface area is 171 Å². The van der Waals surface area contributed by atoms with Gasteiger partial charge in [-0.1, -0.05) is 50.2 Å². The van der Waals surface area contributed by atoms with E-state index in [1.54, 1.807) is 19.2 Å². The minimum atomic E-state index is -0.589. The molecule has 0 bridgehead atoms. The molecule has 29 heavy (non-hydrogen) atoms. The van der Waals surface area contributed by atoms with E-state index < -0.39 is 6.04 Å². The van der Waals surface area contributed by atoms with Crippen LogP contribution in [-0.4, -0.2) is 43.0 Å². The lowest BCUT2D eigenvalue weighted by molar-refractivity contribution is -0.139. The maximum Gasteiger partial charge on any atom is 0.258 e. The molecule has 3 rings (SSSR count). The first-order valence-electron chi connectivity index (χ1n) is 9.90. The van der Waals surface area contributed by atoms with Crippen LogP contribution in [0.1, 0.15) is 25.0 Å². The lowest BCUT2D eigenvalue weighted by Gasteiger charge is -2.33. The van der Waals surface area contributed by atoms with Gasteiger partial charge in [0, 0.05) is 13.1 Å². The molecule has 6 nitrogen and oxygen atoms in total. The summed E-state index contributed by atoms with van der Waals surface area (Å²) in [4.78, 5) is 27.4. The van der Waals surface area contributed by atoms with Gasteiger partial charge in [-0.15, -0.1) is 0 Å². The summed E-state index contributed by atoms with van der Waals surface area (Å²) in [6.45, 7) is 4.92. The first-order valence-corrected chi connectivity index (χ1v) is 9.90. The molecule has 2 aromatic rings. The summed E-state index contributed by atoms with van der Waals surface area (Å²) in [6, 6.07) is 14.7. The maximum absolute atomic E-state index is 13.1. The number of hydrogen-bond acceptors (Lipinski definition) is 4. The van der Waals surface area contributed by atoms with Gasteiger partial charge in [0.05, 0.1) is 7.11 Å². The molecule has 2 aromatic carbocycles. The molecule has 6 heteroatoms. The fraction of sp³-hybridized carbons (Fsp3) is 0.391. The van der Waals surface area contributed by atoms with Crippen molar-refractivity contribution in [2.45, 2.75) is 32.9 Å². The van der Waals surface area contributed by atoms with Crippen molar-refractivity contribution in [3.05, 3.63) is 59.7 Å². The number of methoxy groups -OCH3 is 1. The lowest BCUT2D eigenvalue weighted by atomic mass is 9.97. The fourth-order valence-corrected chi connectivity index (χ4v) is 3.49. The number of para-hydroxylation sites is 2. The highest BCUT2D eigenvalue weighted by atomic mass is 16.5. The topological polar surface area (TPSA) is 67.9 Å². The Morgan fingerprint density at radius 2 is 1.69 bits per heavy atom. The van der Waals surface area contributed by atoms with Gasteiger partial charge in [0.25, 0.3) is 5.91 Å². The van der Waals surface area contributed by atoms with E-state index in [0.29, 0.717) is 24.6 Å². The van der Waals surface area contributed by atoms with E-state index in [-0.39, 0.29) is 24.3 Å². The van der Waals surface area contributed by atoms with Crippen LogP contribution in [0.25, 0.3) is 0 Å². The van der Waals surface area contributed by atoms with Gasteiger partial charge in [-0.25, -0.2) is 0 Å². The van der Waals surface area contributed by atoms with Crippen LogP contribution in [0.3, 0.4) is 0 Å². The second-order valence-electron chi connectivity index (χ2n) is 7.51. The number of nitrogens with zero attached hydrogens (tertiary/aromatic N) is 1. The Hall–Kier alpha value is -3.02. The fourth-order valence-electron chi connectivity index (χ4n) is 3.49. The standard InChI is InChI=1S/C23H28N2O4/c1-16(2)22(23(27)25-13-12-17-8-4-5-9-18(17)14-25)24-21(26)15-29-20-11-7-6-10-19(20)28-3/h4-11,16,22H,12-15H2,1-3H3,(H,24,26)/t22-/m0/s1. The summed E-state index contributed by atoms with van der Waals surface area (Å²) in [5, 5.41) is 2.85. The molecule has 2 amide bonds. The number of ether oxygens (including phenoxy) is 2. The van der Waals surface area contributed by atoms with E-state index in [9.17, 15) is 9.59 Å². The molecule has 0 radical (unpaired) electrons. The van der Waals surface area contributed by atoms with Crippen LogP contribution in [0.5, 0.6) is 11.5 Å². The van der Waals surface area contributed by atoms with Crippen LogP contribution >= 0.6 is 0 Å². The molecular formula is C23H28N2O4. The van der Waals surface area contributed by atoms with Gasteiger partial charge in [-0.2, -0.15) is 0 Å². The Bertz CT molecular complexity index is 865. The molecule has 1 atom stereocenters. The number of hydrogen-bond donors (Lipinski definition) is 1. The summed E-state index contributed by atoms with van der Waals surface area (Å²) in [7, 11) is 1.55. The van der Waals surface area contributed by atoms with E-state index in [4.69, 9.17) is 9.47 Å². The summed E-state index contributed by atoms with van der Waals surface area (Å²) in [6.07, 6.45) is 0.831. The third kappa shape index (κ3) is 5.08. The van der Waals surface area contributed by atoms with Gasteiger partial charge in [0.2, 0.25) is 5.91 Å². The minimum absolute atomic E-state index is 0.0325. The van der Waals surface area contributed by atoms with E-state index in [1.165, 1.54) is 11.1 Å². The zero-order valence-corrected chi connectivity index (χ0v) is 17.2. The zero-order valence-electron chi connectivity index (χ0n) is 17.2. The highest BCUT2D eigenvalue weighted by Gasteiger charge is 2.30. The third-order valence-electron chi connectivity index (χ3n) is 5.12. The van der Waals surface area contributed by atoms with Gasteiger partial charge < -0.3 is 19.7 Å². The second-order valence-corrected chi connectivity index (χ2v) is 7.51. The molecule has 1 heterocycles. The van der Waals surface area contributed by atoms with Crippen LogP contribution in [0, 0.1) is 5.92 Å². The van der Waals surface area contributed by atoms with Gasteiger partial charge in [-0.05, 0) is 35.6 Å².